The van der Waals surface area contributed by atoms with E-state index in [-0.39, 0.29) is 11.3 Å². The summed E-state index contributed by atoms with van der Waals surface area (Å²) in [6.45, 7) is 0. The molecule has 1 aromatic carbocycles. The molecule has 0 amide bonds. The van der Waals surface area contributed by atoms with Gasteiger partial charge in [-0.25, -0.2) is 9.37 Å². The summed E-state index contributed by atoms with van der Waals surface area (Å²) in [5.74, 6) is -1.70. The molecule has 0 bridgehead atoms. The normalized spacial score (nSPS) is 13.4. The maximum atomic E-state index is 13.4. The van der Waals surface area contributed by atoms with Crippen LogP contribution >= 0.6 is 0 Å². The Balaban J connectivity index is 2.18. The minimum atomic E-state index is -0.627. The van der Waals surface area contributed by atoms with E-state index in [1.54, 1.807) is 28.8 Å². The van der Waals surface area contributed by atoms with Crippen molar-refractivity contribution in [1.29, 1.82) is 0 Å². The molecule has 2 aromatic heterocycles. The van der Waals surface area contributed by atoms with Gasteiger partial charge in [0.25, 0.3) is 5.78 Å². The number of benzene rings is 1. The molecule has 0 saturated carbocycles. The van der Waals surface area contributed by atoms with Gasteiger partial charge in [-0.05, 0) is 30.3 Å². The van der Waals surface area contributed by atoms with Gasteiger partial charge in [-0.15, -0.1) is 0 Å². The Kier molecular flexibility index (Phi) is 1.99. The summed E-state index contributed by atoms with van der Waals surface area (Å²) in [5, 5.41) is 0. The third-order valence-corrected chi connectivity index (χ3v) is 3.43. The molecule has 0 unspecified atom stereocenters. The van der Waals surface area contributed by atoms with Crippen molar-refractivity contribution >= 4 is 17.2 Å². The Labute approximate surface area is 112 Å². The summed E-state index contributed by atoms with van der Waals surface area (Å²) in [5.41, 5.74) is 1.68. The summed E-state index contributed by atoms with van der Waals surface area (Å²) in [6, 6.07) is 9.00. The highest BCUT2D eigenvalue weighted by molar-refractivity contribution is 6.52. The van der Waals surface area contributed by atoms with Gasteiger partial charge in [0.15, 0.2) is 0 Å². The Bertz CT molecular complexity index is 911. The summed E-state index contributed by atoms with van der Waals surface area (Å²) < 4.78 is 15.0. The van der Waals surface area contributed by atoms with Crippen LogP contribution in [0.3, 0.4) is 0 Å². The van der Waals surface area contributed by atoms with Crippen molar-refractivity contribution < 1.29 is 14.0 Å². The van der Waals surface area contributed by atoms with E-state index >= 15 is 0 Å². The number of fused-ring (bicyclic) bond motifs is 5. The first-order chi connectivity index (χ1) is 9.66. The molecule has 1 aliphatic rings. The summed E-state index contributed by atoms with van der Waals surface area (Å²) >= 11 is 0. The molecule has 20 heavy (non-hydrogen) atoms. The quantitative estimate of drug-likeness (QED) is 0.587. The lowest BCUT2D eigenvalue weighted by Crippen LogP contribution is -2.22. The Morgan fingerprint density at radius 2 is 1.85 bits per heavy atom. The lowest BCUT2D eigenvalue weighted by molar-refractivity contribution is 0.0811. The first-order valence-electron chi connectivity index (χ1n) is 6.03. The molecule has 0 saturated heterocycles. The second kappa shape index (κ2) is 3.60. The molecule has 0 radical (unpaired) electrons. The minimum Gasteiger partial charge on any atom is -0.296 e. The molecular formula is C15H7FN2O2. The number of carbonyl (C=O) groups excluding carboxylic acids is 2. The number of nitrogens with zero attached hydrogens (tertiary/aromatic N) is 2. The third-order valence-electron chi connectivity index (χ3n) is 3.43. The summed E-state index contributed by atoms with van der Waals surface area (Å²) in [6.07, 6.45) is 1.66. The standard InChI is InChI=1S/C15H7FN2O2/c16-8-4-5-9-10(7-8)12-13(15(20)14(9)19)18-6-2-1-3-11(18)17-12/h1-7H. The second-order valence-corrected chi connectivity index (χ2v) is 4.59. The zero-order chi connectivity index (χ0) is 13.9. The number of imidazole rings is 1. The number of hydrogen-bond acceptors (Lipinski definition) is 3. The van der Waals surface area contributed by atoms with Crippen molar-refractivity contribution in [3.8, 4) is 11.3 Å². The molecule has 96 valence electrons. The molecule has 0 atom stereocenters. The fraction of sp³-hybridized carbons (Fsp3) is 0. The van der Waals surface area contributed by atoms with Crippen LogP contribution in [-0.4, -0.2) is 21.0 Å². The largest absolute Gasteiger partial charge is 0.296 e. The van der Waals surface area contributed by atoms with Crippen LogP contribution in [0.5, 0.6) is 0 Å². The van der Waals surface area contributed by atoms with Gasteiger partial charge in [0.05, 0.1) is 0 Å². The van der Waals surface area contributed by atoms with Gasteiger partial charge in [0.1, 0.15) is 22.9 Å². The predicted octanol–water partition coefficient (Wildman–Crippen LogP) is 2.52. The number of pyridine rings is 1. The predicted molar refractivity (Wildman–Crippen MR) is 69.2 cm³/mol. The van der Waals surface area contributed by atoms with Crippen LogP contribution in [0.25, 0.3) is 16.9 Å². The molecule has 4 rings (SSSR count). The van der Waals surface area contributed by atoms with E-state index in [1.165, 1.54) is 18.2 Å². The van der Waals surface area contributed by atoms with Crippen LogP contribution in [0.4, 0.5) is 4.39 Å². The number of carbonyl (C=O) groups is 2. The molecule has 3 aromatic rings. The van der Waals surface area contributed by atoms with Gasteiger partial charge in [0, 0.05) is 17.3 Å². The van der Waals surface area contributed by atoms with Gasteiger partial charge in [0.2, 0.25) is 5.78 Å². The Hall–Kier alpha value is -2.82. The Morgan fingerprint density at radius 3 is 2.70 bits per heavy atom. The van der Waals surface area contributed by atoms with Crippen LogP contribution in [0, 0.1) is 5.82 Å². The zero-order valence-corrected chi connectivity index (χ0v) is 10.1. The number of Topliss-reactive ketones (excluding diaryl/α,β-unsaturated/α-hetero) is 2. The maximum absolute atomic E-state index is 13.4. The molecule has 0 fully saturated rings. The van der Waals surface area contributed by atoms with Crippen LogP contribution in [0.15, 0.2) is 42.6 Å². The zero-order valence-electron chi connectivity index (χ0n) is 10.1. The molecule has 2 heterocycles. The maximum Gasteiger partial charge on any atom is 0.252 e. The van der Waals surface area contributed by atoms with Gasteiger partial charge >= 0.3 is 0 Å². The number of aromatic nitrogens is 2. The summed E-state index contributed by atoms with van der Waals surface area (Å²) in [4.78, 5) is 28.7. The van der Waals surface area contributed by atoms with Crippen LogP contribution in [0.2, 0.25) is 0 Å². The Morgan fingerprint density at radius 1 is 1.00 bits per heavy atom. The van der Waals surface area contributed by atoms with Crippen LogP contribution in [-0.2, 0) is 0 Å². The van der Waals surface area contributed by atoms with Gasteiger partial charge < -0.3 is 0 Å². The molecule has 1 aliphatic carbocycles. The van der Waals surface area contributed by atoms with Crippen molar-refractivity contribution in [2.24, 2.45) is 0 Å². The highest BCUT2D eigenvalue weighted by Gasteiger charge is 2.34. The number of halogens is 1. The van der Waals surface area contributed by atoms with Crippen LogP contribution < -0.4 is 0 Å². The number of ketones is 2. The van der Waals surface area contributed by atoms with E-state index < -0.39 is 17.4 Å². The van der Waals surface area contributed by atoms with E-state index in [0.717, 1.165) is 0 Å². The van der Waals surface area contributed by atoms with E-state index in [0.29, 0.717) is 16.9 Å². The molecule has 5 heteroatoms. The van der Waals surface area contributed by atoms with Crippen molar-refractivity contribution in [3.05, 3.63) is 59.7 Å². The van der Waals surface area contributed by atoms with E-state index in [9.17, 15) is 14.0 Å². The molecule has 4 nitrogen and oxygen atoms in total. The summed E-state index contributed by atoms with van der Waals surface area (Å²) in [7, 11) is 0. The van der Waals surface area contributed by atoms with Gasteiger partial charge in [-0.3, -0.25) is 14.0 Å². The minimum absolute atomic E-state index is 0.198. The van der Waals surface area contributed by atoms with Gasteiger partial charge in [-0.2, -0.15) is 0 Å². The van der Waals surface area contributed by atoms with E-state index in [4.69, 9.17) is 0 Å². The first kappa shape index (κ1) is 11.0. The first-order valence-corrected chi connectivity index (χ1v) is 6.03. The van der Waals surface area contributed by atoms with E-state index in [2.05, 4.69) is 4.98 Å². The lowest BCUT2D eigenvalue weighted by atomic mass is 9.90. The average molecular weight is 266 g/mol. The van der Waals surface area contributed by atoms with Crippen molar-refractivity contribution in [3.63, 3.8) is 0 Å². The number of rotatable bonds is 0. The molecule has 0 N–H and O–H groups in total. The molecular weight excluding hydrogens is 259 g/mol. The fourth-order valence-electron chi connectivity index (χ4n) is 2.54. The van der Waals surface area contributed by atoms with Crippen LogP contribution in [0.1, 0.15) is 20.8 Å². The SMILES string of the molecule is O=C1C(=O)c2c(nc3ccccn23)-c2cc(F)ccc21. The second-order valence-electron chi connectivity index (χ2n) is 4.59. The van der Waals surface area contributed by atoms with E-state index in [1.807, 2.05) is 0 Å². The van der Waals surface area contributed by atoms with Gasteiger partial charge in [-0.1, -0.05) is 6.07 Å². The smallest absolute Gasteiger partial charge is 0.252 e. The number of hydrogen-bond donors (Lipinski definition) is 0. The topological polar surface area (TPSA) is 51.4 Å². The van der Waals surface area contributed by atoms with Crippen molar-refractivity contribution in [1.82, 2.24) is 9.38 Å². The van der Waals surface area contributed by atoms with Crippen molar-refractivity contribution in [2.45, 2.75) is 0 Å². The average Bonchev–Trinajstić information content (AvgIpc) is 2.84. The molecule has 0 aliphatic heterocycles. The monoisotopic (exact) mass is 266 g/mol. The van der Waals surface area contributed by atoms with Crippen molar-refractivity contribution in [2.75, 3.05) is 0 Å². The lowest BCUT2D eigenvalue weighted by Gasteiger charge is -2.13. The highest BCUT2D eigenvalue weighted by Crippen LogP contribution is 2.33. The molecule has 0 spiro atoms. The highest BCUT2D eigenvalue weighted by atomic mass is 19.1. The fourth-order valence-corrected chi connectivity index (χ4v) is 2.54. The third kappa shape index (κ3) is 1.26.